The van der Waals surface area contributed by atoms with Gasteiger partial charge in [-0.3, -0.25) is 4.99 Å². The molecule has 0 aromatic rings. The number of hydrogen-bond acceptors (Lipinski definition) is 3. The van der Waals surface area contributed by atoms with Gasteiger partial charge in [-0.1, -0.05) is 18.6 Å². The monoisotopic (exact) mass is 387 g/mol. The van der Waals surface area contributed by atoms with E-state index in [4.69, 9.17) is 5.73 Å². The molecule has 0 unspecified atom stereocenters. The summed E-state index contributed by atoms with van der Waals surface area (Å²) in [6.07, 6.45) is 3.59. The van der Waals surface area contributed by atoms with E-state index in [-0.39, 0.29) is 36.5 Å². The van der Waals surface area contributed by atoms with E-state index in [0.717, 1.165) is 12.0 Å². The van der Waals surface area contributed by atoms with Crippen LogP contribution in [0.1, 0.15) is 26.2 Å². The molecule has 0 spiro atoms. The average Bonchev–Trinajstić information content (AvgIpc) is 2.10. The lowest BCUT2D eigenvalue weighted by Crippen LogP contribution is -2.48. The molecule has 1 aliphatic rings. The summed E-state index contributed by atoms with van der Waals surface area (Å²) in [4.78, 5) is 4.12. The Bertz CT molecular complexity index is 428. The third-order valence-corrected chi connectivity index (χ3v) is 5.27. The number of hydrogen-bond donors (Lipinski definition) is 2. The number of nitrogens with zero attached hydrogens (tertiary/aromatic N) is 1. The Morgan fingerprint density at radius 1 is 1.50 bits per heavy atom. The highest BCUT2D eigenvalue weighted by Crippen LogP contribution is 2.39. The number of nitrogens with one attached hydrogen (secondary N) is 1. The van der Waals surface area contributed by atoms with E-state index in [1.807, 2.05) is 6.92 Å². The number of halogens is 1. The lowest BCUT2D eigenvalue weighted by Gasteiger charge is -2.38. The summed E-state index contributed by atoms with van der Waals surface area (Å²) in [6.45, 7) is 6.42. The molecule has 0 bridgehead atoms. The second kappa shape index (κ2) is 6.74. The largest absolute Gasteiger partial charge is 0.370 e. The molecule has 0 heterocycles. The van der Waals surface area contributed by atoms with Crippen molar-refractivity contribution in [1.29, 1.82) is 0 Å². The Balaban J connectivity index is 0.00000289. The van der Waals surface area contributed by atoms with Crippen molar-refractivity contribution in [3.05, 3.63) is 12.2 Å². The molecular weight excluding hydrogens is 365 g/mol. The molecule has 18 heavy (non-hydrogen) atoms. The SMILES string of the molecule is C=C(C)CNC(N)=NCC1(S(C)(=O)=O)CCC1.I. The van der Waals surface area contributed by atoms with Crippen molar-refractivity contribution < 1.29 is 8.42 Å². The van der Waals surface area contributed by atoms with Crippen LogP contribution in [0.25, 0.3) is 0 Å². The highest BCUT2D eigenvalue weighted by molar-refractivity contribution is 14.0. The quantitative estimate of drug-likeness (QED) is 0.320. The minimum atomic E-state index is -3.06. The van der Waals surface area contributed by atoms with Crippen LogP contribution in [0.5, 0.6) is 0 Å². The second-order valence-electron chi connectivity index (χ2n) is 4.82. The van der Waals surface area contributed by atoms with Crippen LogP contribution in [0.15, 0.2) is 17.1 Å². The van der Waals surface area contributed by atoms with Crippen molar-refractivity contribution in [2.24, 2.45) is 10.7 Å². The maximum absolute atomic E-state index is 11.7. The maximum atomic E-state index is 11.7. The minimum Gasteiger partial charge on any atom is -0.370 e. The molecule has 1 saturated carbocycles. The normalized spacial score (nSPS) is 18.4. The summed E-state index contributed by atoms with van der Waals surface area (Å²) in [7, 11) is -3.06. The topological polar surface area (TPSA) is 84.5 Å². The summed E-state index contributed by atoms with van der Waals surface area (Å²) in [5.41, 5.74) is 6.60. The Kier molecular flexibility index (Phi) is 6.62. The van der Waals surface area contributed by atoms with Crippen molar-refractivity contribution >= 4 is 39.8 Å². The van der Waals surface area contributed by atoms with Crippen molar-refractivity contribution in [1.82, 2.24) is 5.32 Å². The lowest BCUT2D eigenvalue weighted by molar-refractivity contribution is 0.346. The molecule has 1 aliphatic carbocycles. The predicted molar refractivity (Wildman–Crippen MR) is 86.1 cm³/mol. The van der Waals surface area contributed by atoms with E-state index in [9.17, 15) is 8.42 Å². The first-order valence-electron chi connectivity index (χ1n) is 5.65. The van der Waals surface area contributed by atoms with Gasteiger partial charge in [-0.15, -0.1) is 24.0 Å². The fraction of sp³-hybridized carbons (Fsp3) is 0.727. The molecular formula is C11H22IN3O2S. The minimum absolute atomic E-state index is 0. The molecule has 5 nitrogen and oxygen atoms in total. The van der Waals surface area contributed by atoms with E-state index < -0.39 is 14.6 Å². The van der Waals surface area contributed by atoms with Gasteiger partial charge in [0.2, 0.25) is 0 Å². The Morgan fingerprint density at radius 3 is 2.39 bits per heavy atom. The van der Waals surface area contributed by atoms with Crippen LogP contribution in [-0.2, 0) is 9.84 Å². The molecule has 7 heteroatoms. The maximum Gasteiger partial charge on any atom is 0.188 e. The van der Waals surface area contributed by atoms with E-state index in [1.54, 1.807) is 0 Å². The number of nitrogens with two attached hydrogens (primary N) is 1. The van der Waals surface area contributed by atoms with Gasteiger partial charge in [-0.05, 0) is 19.8 Å². The molecule has 0 aromatic carbocycles. The molecule has 106 valence electrons. The van der Waals surface area contributed by atoms with Gasteiger partial charge in [0.15, 0.2) is 15.8 Å². The van der Waals surface area contributed by atoms with E-state index in [1.165, 1.54) is 6.26 Å². The van der Waals surface area contributed by atoms with Crippen LogP contribution in [-0.4, -0.2) is 38.5 Å². The average molecular weight is 387 g/mol. The van der Waals surface area contributed by atoms with Crippen LogP contribution in [0.4, 0.5) is 0 Å². The first-order chi connectivity index (χ1) is 7.77. The van der Waals surface area contributed by atoms with Crippen LogP contribution in [0.2, 0.25) is 0 Å². The van der Waals surface area contributed by atoms with Gasteiger partial charge in [0, 0.05) is 12.8 Å². The van der Waals surface area contributed by atoms with Crippen LogP contribution in [0, 0.1) is 0 Å². The Hall–Kier alpha value is -0.310. The first-order valence-corrected chi connectivity index (χ1v) is 7.54. The van der Waals surface area contributed by atoms with E-state index in [0.29, 0.717) is 19.4 Å². The summed E-state index contributed by atoms with van der Waals surface area (Å²) in [5.74, 6) is 0.280. The zero-order chi connectivity index (χ0) is 13.1. The fourth-order valence-corrected chi connectivity index (χ4v) is 3.07. The van der Waals surface area contributed by atoms with Crippen LogP contribution >= 0.6 is 24.0 Å². The number of rotatable bonds is 5. The molecule has 1 rings (SSSR count). The highest BCUT2D eigenvalue weighted by atomic mass is 127. The van der Waals surface area contributed by atoms with Crippen molar-refractivity contribution in [3.8, 4) is 0 Å². The Morgan fingerprint density at radius 2 is 2.06 bits per heavy atom. The van der Waals surface area contributed by atoms with E-state index >= 15 is 0 Å². The van der Waals surface area contributed by atoms with Gasteiger partial charge in [-0.2, -0.15) is 0 Å². The number of sulfone groups is 1. The van der Waals surface area contributed by atoms with E-state index in [2.05, 4.69) is 16.9 Å². The van der Waals surface area contributed by atoms with Crippen molar-refractivity contribution in [2.75, 3.05) is 19.3 Å². The molecule has 3 N–H and O–H groups in total. The molecule has 0 radical (unpaired) electrons. The van der Waals surface area contributed by atoms with Crippen LogP contribution < -0.4 is 11.1 Å². The predicted octanol–water partition coefficient (Wildman–Crippen LogP) is 1.05. The summed E-state index contributed by atoms with van der Waals surface area (Å²) in [5, 5.41) is 2.89. The standard InChI is InChI=1S/C11H21N3O2S.HI/c1-9(2)7-13-10(12)14-8-11(5-4-6-11)17(3,15)16;/h1,4-8H2,2-3H3,(H3,12,13,14);1H. The molecule has 0 aliphatic heterocycles. The lowest BCUT2D eigenvalue weighted by atomic mass is 9.84. The fourth-order valence-electron chi connectivity index (χ4n) is 1.74. The van der Waals surface area contributed by atoms with Crippen LogP contribution in [0.3, 0.4) is 0 Å². The van der Waals surface area contributed by atoms with Gasteiger partial charge in [0.25, 0.3) is 0 Å². The number of guanidine groups is 1. The van der Waals surface area contributed by atoms with Crippen molar-refractivity contribution in [2.45, 2.75) is 30.9 Å². The summed E-state index contributed by atoms with van der Waals surface area (Å²) in [6, 6.07) is 0. The van der Waals surface area contributed by atoms with Gasteiger partial charge in [0.1, 0.15) is 0 Å². The summed E-state index contributed by atoms with van der Waals surface area (Å²) < 4.78 is 22.7. The molecule has 0 atom stereocenters. The van der Waals surface area contributed by atoms with Crippen molar-refractivity contribution in [3.63, 3.8) is 0 Å². The summed E-state index contributed by atoms with van der Waals surface area (Å²) >= 11 is 0. The van der Waals surface area contributed by atoms with Gasteiger partial charge in [-0.25, -0.2) is 8.42 Å². The molecule has 0 saturated heterocycles. The van der Waals surface area contributed by atoms with Gasteiger partial charge >= 0.3 is 0 Å². The molecule has 0 aromatic heterocycles. The highest BCUT2D eigenvalue weighted by Gasteiger charge is 2.46. The van der Waals surface area contributed by atoms with Gasteiger partial charge < -0.3 is 11.1 Å². The smallest absolute Gasteiger partial charge is 0.188 e. The zero-order valence-electron chi connectivity index (χ0n) is 10.9. The second-order valence-corrected chi connectivity index (χ2v) is 7.23. The Labute approximate surface area is 126 Å². The molecule has 1 fully saturated rings. The first kappa shape index (κ1) is 17.7. The van der Waals surface area contributed by atoms with Gasteiger partial charge in [0.05, 0.1) is 11.3 Å². The zero-order valence-corrected chi connectivity index (χ0v) is 14.0. The third-order valence-electron chi connectivity index (χ3n) is 3.16. The third kappa shape index (κ3) is 4.42. The molecule has 0 amide bonds. The number of aliphatic imine (C=N–C) groups is 1.